The number of nitrogens with zero attached hydrogens (tertiary/aromatic N) is 1. The van der Waals surface area contributed by atoms with Gasteiger partial charge in [0.15, 0.2) is 0 Å². The van der Waals surface area contributed by atoms with Crippen LogP contribution < -0.4 is 15.4 Å². The molecular weight excluding hydrogens is 358 g/mol. The average molecular weight is 377 g/mol. The summed E-state index contributed by atoms with van der Waals surface area (Å²) >= 11 is 0. The quantitative estimate of drug-likeness (QED) is 0.634. The van der Waals surface area contributed by atoms with Crippen LogP contribution in [0.25, 0.3) is 0 Å². The molecule has 0 unspecified atom stereocenters. The van der Waals surface area contributed by atoms with Crippen molar-refractivity contribution in [3.63, 3.8) is 0 Å². The molecule has 0 aliphatic rings. The molecule has 142 valence electrons. The smallest absolute Gasteiger partial charge is 0.337 e. The van der Waals surface area contributed by atoms with E-state index in [0.29, 0.717) is 28.4 Å². The van der Waals surface area contributed by atoms with E-state index in [2.05, 4.69) is 15.6 Å². The summed E-state index contributed by atoms with van der Waals surface area (Å²) in [6, 6.07) is 17.3. The van der Waals surface area contributed by atoms with Crippen LogP contribution in [0, 0.1) is 0 Å². The number of carbonyl (C=O) groups is 2. The van der Waals surface area contributed by atoms with Gasteiger partial charge < -0.3 is 20.1 Å². The molecule has 0 saturated heterocycles. The Balaban J connectivity index is 1.75. The number of esters is 1. The number of carbonyl (C=O) groups excluding carboxylic acids is 2. The molecule has 0 atom stereocenters. The summed E-state index contributed by atoms with van der Waals surface area (Å²) < 4.78 is 9.88. The van der Waals surface area contributed by atoms with Crippen molar-refractivity contribution in [2.75, 3.05) is 24.9 Å². The molecule has 0 aliphatic heterocycles. The van der Waals surface area contributed by atoms with Crippen LogP contribution in [0.15, 0.2) is 66.9 Å². The van der Waals surface area contributed by atoms with E-state index >= 15 is 0 Å². The first-order valence-corrected chi connectivity index (χ1v) is 8.46. The van der Waals surface area contributed by atoms with Gasteiger partial charge in [0.2, 0.25) is 0 Å². The first-order chi connectivity index (χ1) is 13.6. The second kappa shape index (κ2) is 8.68. The summed E-state index contributed by atoms with van der Waals surface area (Å²) in [5, 5.41) is 5.94. The van der Waals surface area contributed by atoms with Crippen LogP contribution in [-0.2, 0) is 4.74 Å². The molecule has 7 heteroatoms. The molecule has 0 bridgehead atoms. The molecule has 3 aromatic rings. The molecule has 0 spiro atoms. The number of amides is 1. The SMILES string of the molecule is COC(=O)c1cccc(Nc2ccnc(C(=O)Nc3cccc(OC)c3)c2)c1. The van der Waals surface area contributed by atoms with Crippen LogP contribution >= 0.6 is 0 Å². The van der Waals surface area contributed by atoms with Gasteiger partial charge in [-0.3, -0.25) is 9.78 Å². The number of hydrogen-bond acceptors (Lipinski definition) is 6. The van der Waals surface area contributed by atoms with Crippen molar-refractivity contribution >= 4 is 28.9 Å². The van der Waals surface area contributed by atoms with E-state index in [4.69, 9.17) is 9.47 Å². The van der Waals surface area contributed by atoms with Gasteiger partial charge in [0.05, 0.1) is 19.8 Å². The van der Waals surface area contributed by atoms with Crippen LogP contribution in [0.3, 0.4) is 0 Å². The normalized spacial score (nSPS) is 10.1. The molecule has 0 radical (unpaired) electrons. The number of ether oxygens (including phenoxy) is 2. The van der Waals surface area contributed by atoms with E-state index in [1.807, 2.05) is 6.07 Å². The van der Waals surface area contributed by atoms with E-state index in [1.54, 1.807) is 61.7 Å². The third kappa shape index (κ3) is 4.64. The van der Waals surface area contributed by atoms with Gasteiger partial charge in [0.1, 0.15) is 11.4 Å². The molecule has 1 amide bonds. The standard InChI is InChI=1S/C21H19N3O4/c1-27-18-8-4-7-16(12-18)24-20(25)19-13-17(9-10-22-19)23-15-6-3-5-14(11-15)21(26)28-2/h3-13H,1-2H3,(H,22,23)(H,24,25). The van der Waals surface area contributed by atoms with Crippen LogP contribution in [0.1, 0.15) is 20.8 Å². The van der Waals surface area contributed by atoms with Gasteiger partial charge in [0, 0.05) is 29.3 Å². The molecule has 3 rings (SSSR count). The largest absolute Gasteiger partial charge is 0.497 e. The van der Waals surface area contributed by atoms with Crippen molar-refractivity contribution < 1.29 is 19.1 Å². The predicted octanol–water partition coefficient (Wildman–Crippen LogP) is 3.87. The first-order valence-electron chi connectivity index (χ1n) is 8.46. The summed E-state index contributed by atoms with van der Waals surface area (Å²) in [6.07, 6.45) is 1.53. The molecule has 0 saturated carbocycles. The summed E-state index contributed by atoms with van der Waals surface area (Å²) in [6.45, 7) is 0. The lowest BCUT2D eigenvalue weighted by Crippen LogP contribution is -2.13. The van der Waals surface area contributed by atoms with Gasteiger partial charge in [-0.1, -0.05) is 12.1 Å². The average Bonchev–Trinajstić information content (AvgIpc) is 2.73. The Morgan fingerprint density at radius 2 is 1.64 bits per heavy atom. The van der Waals surface area contributed by atoms with Crippen molar-refractivity contribution in [1.29, 1.82) is 0 Å². The van der Waals surface area contributed by atoms with Gasteiger partial charge in [-0.05, 0) is 42.5 Å². The van der Waals surface area contributed by atoms with Crippen LogP contribution in [0.4, 0.5) is 17.1 Å². The third-order valence-corrected chi connectivity index (χ3v) is 3.89. The molecule has 1 heterocycles. The Morgan fingerprint density at radius 3 is 2.43 bits per heavy atom. The number of methoxy groups -OCH3 is 2. The van der Waals surface area contributed by atoms with Crippen LogP contribution in [0.2, 0.25) is 0 Å². The van der Waals surface area contributed by atoms with Crippen molar-refractivity contribution in [2.45, 2.75) is 0 Å². The lowest BCUT2D eigenvalue weighted by Gasteiger charge is -2.10. The number of benzene rings is 2. The fourth-order valence-electron chi connectivity index (χ4n) is 2.54. The van der Waals surface area contributed by atoms with Gasteiger partial charge in [0.25, 0.3) is 5.91 Å². The third-order valence-electron chi connectivity index (χ3n) is 3.89. The molecule has 28 heavy (non-hydrogen) atoms. The van der Waals surface area contributed by atoms with Crippen molar-refractivity contribution in [3.8, 4) is 5.75 Å². The molecule has 0 aliphatic carbocycles. The van der Waals surface area contributed by atoms with E-state index in [0.717, 1.165) is 0 Å². The highest BCUT2D eigenvalue weighted by molar-refractivity contribution is 6.03. The number of hydrogen-bond donors (Lipinski definition) is 2. The van der Waals surface area contributed by atoms with Crippen molar-refractivity contribution in [1.82, 2.24) is 4.98 Å². The predicted molar refractivity (Wildman–Crippen MR) is 106 cm³/mol. The van der Waals surface area contributed by atoms with E-state index in [9.17, 15) is 9.59 Å². The van der Waals surface area contributed by atoms with Crippen molar-refractivity contribution in [3.05, 3.63) is 78.1 Å². The summed E-state index contributed by atoms with van der Waals surface area (Å²) in [4.78, 5) is 28.3. The van der Waals surface area contributed by atoms with E-state index < -0.39 is 5.97 Å². The fourth-order valence-corrected chi connectivity index (χ4v) is 2.54. The zero-order valence-electron chi connectivity index (χ0n) is 15.4. The first kappa shape index (κ1) is 18.9. The number of rotatable bonds is 6. The Bertz CT molecular complexity index is 1000. The molecule has 2 N–H and O–H groups in total. The number of aromatic nitrogens is 1. The molecule has 0 fully saturated rings. The Hall–Kier alpha value is -3.87. The van der Waals surface area contributed by atoms with Gasteiger partial charge >= 0.3 is 5.97 Å². The Labute approximate surface area is 162 Å². The minimum absolute atomic E-state index is 0.247. The monoisotopic (exact) mass is 377 g/mol. The van der Waals surface area contributed by atoms with Crippen LogP contribution in [0.5, 0.6) is 5.75 Å². The zero-order chi connectivity index (χ0) is 19.9. The Morgan fingerprint density at radius 1 is 0.893 bits per heavy atom. The van der Waals surface area contributed by atoms with Gasteiger partial charge in [-0.2, -0.15) is 0 Å². The highest BCUT2D eigenvalue weighted by atomic mass is 16.5. The second-order valence-corrected chi connectivity index (χ2v) is 5.81. The minimum Gasteiger partial charge on any atom is -0.497 e. The summed E-state index contributed by atoms with van der Waals surface area (Å²) in [5.41, 5.74) is 2.63. The maximum absolute atomic E-state index is 12.5. The second-order valence-electron chi connectivity index (χ2n) is 5.81. The van der Waals surface area contributed by atoms with Gasteiger partial charge in [-0.25, -0.2) is 4.79 Å². The summed E-state index contributed by atoms with van der Waals surface area (Å²) in [7, 11) is 2.89. The maximum atomic E-state index is 12.5. The summed E-state index contributed by atoms with van der Waals surface area (Å²) in [5.74, 6) is -0.122. The highest BCUT2D eigenvalue weighted by Gasteiger charge is 2.10. The van der Waals surface area contributed by atoms with E-state index in [-0.39, 0.29) is 11.6 Å². The highest BCUT2D eigenvalue weighted by Crippen LogP contribution is 2.20. The van der Waals surface area contributed by atoms with E-state index in [1.165, 1.54) is 13.3 Å². The molecule has 1 aromatic heterocycles. The van der Waals surface area contributed by atoms with Crippen LogP contribution in [-0.4, -0.2) is 31.1 Å². The lowest BCUT2D eigenvalue weighted by atomic mass is 10.2. The minimum atomic E-state index is -0.420. The number of pyridine rings is 1. The van der Waals surface area contributed by atoms with Crippen molar-refractivity contribution in [2.24, 2.45) is 0 Å². The molecule has 2 aromatic carbocycles. The maximum Gasteiger partial charge on any atom is 0.337 e. The lowest BCUT2D eigenvalue weighted by molar-refractivity contribution is 0.0600. The molecule has 7 nitrogen and oxygen atoms in total. The topological polar surface area (TPSA) is 89.5 Å². The fraction of sp³-hybridized carbons (Fsp3) is 0.0952. The Kier molecular flexibility index (Phi) is 5.86. The zero-order valence-corrected chi connectivity index (χ0v) is 15.4. The number of anilines is 3. The molecular formula is C21H19N3O4. The number of nitrogens with one attached hydrogen (secondary N) is 2. The van der Waals surface area contributed by atoms with Gasteiger partial charge in [-0.15, -0.1) is 0 Å².